The fourth-order valence-corrected chi connectivity index (χ4v) is 2.44. The van der Waals surface area contributed by atoms with Gasteiger partial charge in [-0.3, -0.25) is 4.79 Å². The van der Waals surface area contributed by atoms with E-state index >= 15 is 0 Å². The van der Waals surface area contributed by atoms with Gasteiger partial charge in [-0.25, -0.2) is 0 Å². The van der Waals surface area contributed by atoms with Gasteiger partial charge in [0, 0.05) is 24.3 Å². The Labute approximate surface area is 130 Å². The van der Waals surface area contributed by atoms with Gasteiger partial charge in [-0.2, -0.15) is 0 Å². The zero-order chi connectivity index (χ0) is 15.3. The number of nitrogens with one attached hydrogen (secondary N) is 1. The van der Waals surface area contributed by atoms with Crippen molar-refractivity contribution in [3.05, 3.63) is 28.8 Å². The lowest BCUT2D eigenvalue weighted by Crippen LogP contribution is -2.41. The molecule has 0 radical (unpaired) electrons. The highest BCUT2D eigenvalue weighted by molar-refractivity contribution is 7.80. The summed E-state index contributed by atoms with van der Waals surface area (Å²) >= 11 is 11.0. The Balaban J connectivity index is 2.81. The van der Waals surface area contributed by atoms with E-state index in [9.17, 15) is 4.79 Å². The predicted octanol–water partition coefficient (Wildman–Crippen LogP) is 2.64. The first-order valence-electron chi connectivity index (χ1n) is 6.55. The molecule has 1 atom stereocenters. The van der Waals surface area contributed by atoms with E-state index in [-0.39, 0.29) is 16.9 Å². The van der Waals surface area contributed by atoms with Crippen LogP contribution in [0.15, 0.2) is 18.2 Å². The number of amides is 1. The largest absolute Gasteiger partial charge is 0.389 e. The molecule has 1 aromatic carbocycles. The fourth-order valence-electron chi connectivity index (χ4n) is 1.93. The van der Waals surface area contributed by atoms with E-state index in [4.69, 9.17) is 29.6 Å². The molecule has 6 heteroatoms. The number of rotatable bonds is 6. The van der Waals surface area contributed by atoms with Crippen molar-refractivity contribution >= 4 is 40.4 Å². The first-order chi connectivity index (χ1) is 9.40. The van der Waals surface area contributed by atoms with Crippen LogP contribution in [0.1, 0.15) is 26.3 Å². The SMILES string of the molecule is CCN(CC)C(=O)C(C)Nc1ccc(C(N)=S)c(Cl)c1. The van der Waals surface area contributed by atoms with Gasteiger partial charge in [-0.1, -0.05) is 23.8 Å². The van der Waals surface area contributed by atoms with Gasteiger partial charge in [0.05, 0.1) is 5.02 Å². The molecule has 0 fully saturated rings. The normalized spacial score (nSPS) is 11.8. The van der Waals surface area contributed by atoms with Crippen LogP contribution in [0.5, 0.6) is 0 Å². The van der Waals surface area contributed by atoms with Crippen molar-refractivity contribution in [2.75, 3.05) is 18.4 Å². The topological polar surface area (TPSA) is 58.4 Å². The maximum Gasteiger partial charge on any atom is 0.244 e. The maximum atomic E-state index is 12.2. The highest BCUT2D eigenvalue weighted by atomic mass is 35.5. The van der Waals surface area contributed by atoms with E-state index in [1.54, 1.807) is 17.0 Å². The molecule has 1 amide bonds. The molecule has 0 aliphatic carbocycles. The first kappa shape index (κ1) is 16.7. The molecule has 0 bridgehead atoms. The molecule has 20 heavy (non-hydrogen) atoms. The minimum absolute atomic E-state index is 0.0598. The first-order valence-corrected chi connectivity index (χ1v) is 7.34. The number of thiocarbonyl (C=S) groups is 1. The summed E-state index contributed by atoms with van der Waals surface area (Å²) in [6.07, 6.45) is 0. The number of halogens is 1. The number of likely N-dealkylation sites (N-methyl/N-ethyl adjacent to an activating group) is 1. The number of hydrogen-bond donors (Lipinski definition) is 2. The van der Waals surface area contributed by atoms with E-state index in [1.165, 1.54) is 0 Å². The number of anilines is 1. The lowest BCUT2D eigenvalue weighted by Gasteiger charge is -2.24. The highest BCUT2D eigenvalue weighted by Crippen LogP contribution is 2.21. The van der Waals surface area contributed by atoms with Crippen molar-refractivity contribution in [3.63, 3.8) is 0 Å². The van der Waals surface area contributed by atoms with E-state index < -0.39 is 0 Å². The van der Waals surface area contributed by atoms with Crippen molar-refractivity contribution in [2.45, 2.75) is 26.8 Å². The third kappa shape index (κ3) is 4.08. The van der Waals surface area contributed by atoms with Crippen LogP contribution in [0, 0.1) is 0 Å². The van der Waals surface area contributed by atoms with Crippen LogP contribution in [0.2, 0.25) is 5.02 Å². The molecule has 3 N–H and O–H groups in total. The average Bonchev–Trinajstić information content (AvgIpc) is 2.39. The lowest BCUT2D eigenvalue weighted by atomic mass is 10.2. The zero-order valence-corrected chi connectivity index (χ0v) is 13.5. The molecule has 110 valence electrons. The van der Waals surface area contributed by atoms with E-state index in [1.807, 2.05) is 26.8 Å². The zero-order valence-electron chi connectivity index (χ0n) is 11.9. The Morgan fingerprint density at radius 3 is 2.50 bits per heavy atom. The Hall–Kier alpha value is -1.33. The number of hydrogen-bond acceptors (Lipinski definition) is 3. The summed E-state index contributed by atoms with van der Waals surface area (Å²) in [4.78, 5) is 14.2. The molecular formula is C14H20ClN3OS. The lowest BCUT2D eigenvalue weighted by molar-refractivity contribution is -0.131. The third-order valence-corrected chi connectivity index (χ3v) is 3.60. The van der Waals surface area contributed by atoms with Crippen LogP contribution < -0.4 is 11.1 Å². The second-order valence-electron chi connectivity index (χ2n) is 4.44. The van der Waals surface area contributed by atoms with Gasteiger partial charge in [0.25, 0.3) is 0 Å². The summed E-state index contributed by atoms with van der Waals surface area (Å²) in [6.45, 7) is 7.14. The third-order valence-electron chi connectivity index (χ3n) is 3.06. The standard InChI is InChI=1S/C14H20ClN3OS/c1-4-18(5-2)14(19)9(3)17-10-6-7-11(13(16)20)12(15)8-10/h6-9,17H,4-5H2,1-3H3,(H2,16,20). The molecular weight excluding hydrogens is 294 g/mol. The quantitative estimate of drug-likeness (QED) is 0.793. The van der Waals surface area contributed by atoms with E-state index in [2.05, 4.69) is 5.32 Å². The molecule has 0 spiro atoms. The molecule has 0 heterocycles. The molecule has 0 aliphatic rings. The Morgan fingerprint density at radius 2 is 2.05 bits per heavy atom. The number of nitrogens with two attached hydrogens (primary N) is 1. The fraction of sp³-hybridized carbons (Fsp3) is 0.429. The number of nitrogens with zero attached hydrogens (tertiary/aromatic N) is 1. The number of carbonyl (C=O) groups is 1. The predicted molar refractivity (Wildman–Crippen MR) is 88.4 cm³/mol. The van der Waals surface area contributed by atoms with Gasteiger partial charge in [0.1, 0.15) is 11.0 Å². The highest BCUT2D eigenvalue weighted by Gasteiger charge is 2.18. The van der Waals surface area contributed by atoms with Crippen LogP contribution in [0.3, 0.4) is 0 Å². The minimum atomic E-state index is -0.318. The van der Waals surface area contributed by atoms with Crippen molar-refractivity contribution < 1.29 is 4.79 Å². The summed E-state index contributed by atoms with van der Waals surface area (Å²) in [6, 6.07) is 4.97. The maximum absolute atomic E-state index is 12.2. The molecule has 1 aromatic rings. The van der Waals surface area contributed by atoms with Crippen molar-refractivity contribution in [2.24, 2.45) is 5.73 Å². The molecule has 0 saturated heterocycles. The molecule has 0 aromatic heterocycles. The summed E-state index contributed by atoms with van der Waals surface area (Å²) in [5, 5.41) is 3.61. The molecule has 1 unspecified atom stereocenters. The van der Waals surface area contributed by atoms with Crippen molar-refractivity contribution in [1.82, 2.24) is 4.90 Å². The van der Waals surface area contributed by atoms with Gasteiger partial charge in [0.15, 0.2) is 0 Å². The molecule has 0 saturated carbocycles. The smallest absolute Gasteiger partial charge is 0.244 e. The van der Waals surface area contributed by atoms with Gasteiger partial charge in [0.2, 0.25) is 5.91 Å². The monoisotopic (exact) mass is 313 g/mol. The number of carbonyl (C=O) groups excluding carboxylic acids is 1. The Kier molecular flexibility index (Phi) is 6.23. The second-order valence-corrected chi connectivity index (χ2v) is 5.28. The van der Waals surface area contributed by atoms with Crippen LogP contribution in [0.4, 0.5) is 5.69 Å². The minimum Gasteiger partial charge on any atom is -0.389 e. The van der Waals surface area contributed by atoms with Crippen molar-refractivity contribution in [3.8, 4) is 0 Å². The van der Waals surface area contributed by atoms with E-state index in [0.29, 0.717) is 23.7 Å². The van der Waals surface area contributed by atoms with Gasteiger partial charge < -0.3 is 16.0 Å². The second kappa shape index (κ2) is 7.45. The molecule has 1 rings (SSSR count). The van der Waals surface area contributed by atoms with Crippen molar-refractivity contribution in [1.29, 1.82) is 0 Å². The molecule has 0 aliphatic heterocycles. The van der Waals surface area contributed by atoms with Gasteiger partial charge >= 0.3 is 0 Å². The van der Waals surface area contributed by atoms with Gasteiger partial charge in [-0.15, -0.1) is 0 Å². The van der Waals surface area contributed by atoms with Crippen LogP contribution in [0.25, 0.3) is 0 Å². The van der Waals surface area contributed by atoms with Crippen LogP contribution >= 0.6 is 23.8 Å². The average molecular weight is 314 g/mol. The summed E-state index contributed by atoms with van der Waals surface area (Å²) in [7, 11) is 0. The van der Waals surface area contributed by atoms with Crippen LogP contribution in [-0.2, 0) is 4.79 Å². The number of benzene rings is 1. The Morgan fingerprint density at radius 1 is 1.45 bits per heavy atom. The Bertz CT molecular complexity index is 503. The summed E-state index contributed by atoms with van der Waals surface area (Å²) < 4.78 is 0. The summed E-state index contributed by atoms with van der Waals surface area (Å²) in [5.74, 6) is 0.0598. The summed E-state index contributed by atoms with van der Waals surface area (Å²) in [5.41, 5.74) is 6.96. The van der Waals surface area contributed by atoms with E-state index in [0.717, 1.165) is 5.69 Å². The van der Waals surface area contributed by atoms with Gasteiger partial charge in [-0.05, 0) is 39.0 Å². The molecule has 4 nitrogen and oxygen atoms in total. The van der Waals surface area contributed by atoms with Crippen LogP contribution in [-0.4, -0.2) is 34.9 Å².